The third-order valence-corrected chi connectivity index (χ3v) is 5.67. The first kappa shape index (κ1) is 28.5. The van der Waals surface area contributed by atoms with Crippen LogP contribution in [0.2, 0.25) is 0 Å². The maximum Gasteiger partial charge on any atom is 0.430 e. The van der Waals surface area contributed by atoms with Crippen molar-refractivity contribution >= 4 is 16.1 Å². The molecule has 16 heteroatoms. The molecule has 1 aliphatic rings. The Morgan fingerprint density at radius 3 is 1.88 bits per heavy atom. The average molecular weight is 508 g/mol. The molecular formula is C16H20F8O7S. The van der Waals surface area contributed by atoms with E-state index in [-0.39, 0.29) is 25.7 Å². The van der Waals surface area contributed by atoms with Crippen molar-refractivity contribution in [2.45, 2.75) is 61.4 Å². The summed E-state index contributed by atoms with van der Waals surface area (Å²) in [7, 11) is -5.89. The maximum atomic E-state index is 13.3. The number of aliphatic hydroxyl groups is 1. The van der Waals surface area contributed by atoms with Crippen LogP contribution in [0, 0.1) is 5.92 Å². The fourth-order valence-corrected chi connectivity index (χ4v) is 3.30. The smallest absolute Gasteiger partial charge is 0.430 e. The lowest BCUT2D eigenvalue weighted by Gasteiger charge is -2.42. The van der Waals surface area contributed by atoms with Gasteiger partial charge in [-0.25, -0.2) is 4.79 Å². The Bertz CT molecular complexity index is 771. The van der Waals surface area contributed by atoms with Gasteiger partial charge in [0.15, 0.2) is 6.10 Å². The van der Waals surface area contributed by atoms with Crippen LogP contribution in [0.1, 0.15) is 32.1 Å². The molecule has 1 fully saturated rings. The van der Waals surface area contributed by atoms with Gasteiger partial charge in [0.1, 0.15) is 6.61 Å². The van der Waals surface area contributed by atoms with E-state index in [4.69, 9.17) is 4.55 Å². The molecule has 0 heterocycles. The molecule has 32 heavy (non-hydrogen) atoms. The minimum atomic E-state index is -6.29. The predicted molar refractivity (Wildman–Crippen MR) is 90.0 cm³/mol. The van der Waals surface area contributed by atoms with Crippen LogP contribution in [0.15, 0.2) is 12.2 Å². The summed E-state index contributed by atoms with van der Waals surface area (Å²) in [5.74, 6) is -3.44. The predicted octanol–water partition coefficient (Wildman–Crippen LogP) is 3.39. The minimum Gasteiger partial charge on any atom is -0.455 e. The topological polar surface area (TPSA) is 110 Å². The Balaban J connectivity index is 3.07. The van der Waals surface area contributed by atoms with Crippen molar-refractivity contribution < 1.29 is 67.5 Å². The SMILES string of the molecule is C=C(COCC(F)(F)S(=O)(=O)O)C(=O)OC(C1CCCCC1)C(O)(C(F)(F)F)C(F)(F)F. The van der Waals surface area contributed by atoms with E-state index < -0.39 is 70.1 Å². The monoisotopic (exact) mass is 508 g/mol. The zero-order valence-electron chi connectivity index (χ0n) is 16.2. The molecule has 1 unspecified atom stereocenters. The Hall–Kier alpha value is -1.52. The molecular weight excluding hydrogens is 488 g/mol. The van der Waals surface area contributed by atoms with Crippen molar-refractivity contribution in [1.29, 1.82) is 0 Å². The number of hydrogen-bond acceptors (Lipinski definition) is 6. The lowest BCUT2D eigenvalue weighted by Crippen LogP contribution is -2.67. The van der Waals surface area contributed by atoms with Crippen LogP contribution >= 0.6 is 0 Å². The molecule has 1 rings (SSSR count). The summed E-state index contributed by atoms with van der Waals surface area (Å²) in [6.45, 7) is -0.340. The third kappa shape index (κ3) is 6.29. The highest BCUT2D eigenvalue weighted by Crippen LogP contribution is 2.50. The lowest BCUT2D eigenvalue weighted by molar-refractivity contribution is -0.396. The van der Waals surface area contributed by atoms with Gasteiger partial charge in [-0.2, -0.15) is 43.5 Å². The van der Waals surface area contributed by atoms with Gasteiger partial charge in [-0.15, -0.1) is 0 Å². The molecule has 2 N–H and O–H groups in total. The van der Waals surface area contributed by atoms with E-state index in [1.807, 2.05) is 0 Å². The van der Waals surface area contributed by atoms with Crippen molar-refractivity contribution in [3.05, 3.63) is 12.2 Å². The molecule has 1 saturated carbocycles. The average Bonchev–Trinajstić information content (AvgIpc) is 2.63. The van der Waals surface area contributed by atoms with Gasteiger partial charge in [-0.05, 0) is 18.8 Å². The molecule has 0 aromatic rings. The number of carbonyl (C=O) groups excluding carboxylic acids is 1. The van der Waals surface area contributed by atoms with Gasteiger partial charge in [-0.1, -0.05) is 25.8 Å². The molecule has 0 bridgehead atoms. The first-order chi connectivity index (χ1) is 14.3. The van der Waals surface area contributed by atoms with Crippen LogP contribution in [-0.4, -0.2) is 66.6 Å². The Morgan fingerprint density at radius 1 is 1.00 bits per heavy atom. The van der Waals surface area contributed by atoms with Crippen LogP contribution in [0.4, 0.5) is 35.1 Å². The van der Waals surface area contributed by atoms with Crippen LogP contribution in [0.5, 0.6) is 0 Å². The Kier molecular flexibility index (Phi) is 8.70. The summed E-state index contributed by atoms with van der Waals surface area (Å²) < 4.78 is 144. The number of ether oxygens (including phenoxy) is 2. The van der Waals surface area contributed by atoms with E-state index in [9.17, 15) is 53.4 Å². The summed E-state index contributed by atoms with van der Waals surface area (Å²) >= 11 is 0. The van der Waals surface area contributed by atoms with Gasteiger partial charge >= 0.3 is 33.7 Å². The van der Waals surface area contributed by atoms with Gasteiger partial charge in [-0.3, -0.25) is 4.55 Å². The van der Waals surface area contributed by atoms with E-state index in [0.29, 0.717) is 6.42 Å². The van der Waals surface area contributed by atoms with Crippen molar-refractivity contribution in [1.82, 2.24) is 0 Å². The first-order valence-electron chi connectivity index (χ1n) is 8.93. The molecule has 0 aliphatic heterocycles. The lowest BCUT2D eigenvalue weighted by atomic mass is 9.77. The molecule has 0 spiro atoms. The number of esters is 1. The van der Waals surface area contributed by atoms with Crippen molar-refractivity contribution in [2.24, 2.45) is 5.92 Å². The van der Waals surface area contributed by atoms with Crippen molar-refractivity contribution in [3.63, 3.8) is 0 Å². The van der Waals surface area contributed by atoms with Gasteiger partial charge in [0.2, 0.25) is 0 Å². The van der Waals surface area contributed by atoms with E-state index in [2.05, 4.69) is 16.1 Å². The Morgan fingerprint density at radius 2 is 1.47 bits per heavy atom. The van der Waals surface area contributed by atoms with Gasteiger partial charge in [0.05, 0.1) is 12.2 Å². The highest BCUT2D eigenvalue weighted by molar-refractivity contribution is 7.86. The molecule has 188 valence electrons. The molecule has 0 aromatic carbocycles. The van der Waals surface area contributed by atoms with E-state index in [0.717, 1.165) is 0 Å². The van der Waals surface area contributed by atoms with E-state index in [1.165, 1.54) is 0 Å². The highest BCUT2D eigenvalue weighted by Gasteiger charge is 2.76. The zero-order chi connectivity index (χ0) is 25.2. The minimum absolute atomic E-state index is 0.208. The summed E-state index contributed by atoms with van der Waals surface area (Å²) in [6.07, 6.45) is -15.2. The summed E-state index contributed by atoms with van der Waals surface area (Å²) in [6, 6.07) is 0. The van der Waals surface area contributed by atoms with Gasteiger partial charge < -0.3 is 14.6 Å². The number of rotatable bonds is 9. The second-order valence-corrected chi connectivity index (χ2v) is 8.74. The molecule has 0 saturated heterocycles. The van der Waals surface area contributed by atoms with Crippen LogP contribution in [0.3, 0.4) is 0 Å². The highest BCUT2D eigenvalue weighted by atomic mass is 32.2. The maximum absolute atomic E-state index is 13.3. The zero-order valence-corrected chi connectivity index (χ0v) is 17.0. The third-order valence-electron chi connectivity index (χ3n) is 4.80. The number of halogens is 8. The number of alkyl halides is 8. The standard InChI is InChI=1S/C16H20F8O7S/c1-9(7-30-8-13(17,18)32(27,28)29)12(25)31-11(10-5-3-2-4-6-10)14(26,15(19,20)21)16(22,23)24/h10-11,26H,1-8H2,(H,27,28,29). The summed E-state index contributed by atoms with van der Waals surface area (Å²) in [4.78, 5) is 12.0. The first-order valence-corrected chi connectivity index (χ1v) is 10.4. The summed E-state index contributed by atoms with van der Waals surface area (Å²) in [5, 5.41) is 4.91. The fraction of sp³-hybridized carbons (Fsp3) is 0.812. The van der Waals surface area contributed by atoms with Crippen LogP contribution < -0.4 is 0 Å². The quantitative estimate of drug-likeness (QED) is 0.213. The van der Waals surface area contributed by atoms with Crippen molar-refractivity contribution in [3.8, 4) is 0 Å². The van der Waals surface area contributed by atoms with E-state index in [1.54, 1.807) is 0 Å². The van der Waals surface area contributed by atoms with Crippen molar-refractivity contribution in [2.75, 3.05) is 13.2 Å². The molecule has 0 radical (unpaired) electrons. The largest absolute Gasteiger partial charge is 0.455 e. The number of carbonyl (C=O) groups is 1. The van der Waals surface area contributed by atoms with Gasteiger partial charge in [0.25, 0.3) is 5.60 Å². The molecule has 7 nitrogen and oxygen atoms in total. The van der Waals surface area contributed by atoms with Crippen LogP contribution in [-0.2, 0) is 24.4 Å². The second-order valence-electron chi connectivity index (χ2n) is 7.19. The van der Waals surface area contributed by atoms with Gasteiger partial charge in [0, 0.05) is 0 Å². The normalized spacial score (nSPS) is 18.3. The van der Waals surface area contributed by atoms with E-state index >= 15 is 0 Å². The van der Waals surface area contributed by atoms with Crippen LogP contribution in [0.25, 0.3) is 0 Å². The second kappa shape index (κ2) is 9.77. The summed E-state index contributed by atoms with van der Waals surface area (Å²) in [5.41, 5.74) is -6.46. The molecule has 0 aromatic heterocycles. The Labute approximate surface area is 177 Å². The fourth-order valence-electron chi connectivity index (χ4n) is 3.07. The number of hydrogen-bond donors (Lipinski definition) is 2. The molecule has 1 atom stereocenters. The molecule has 0 amide bonds. The molecule has 1 aliphatic carbocycles.